The molecule has 1 aliphatic carbocycles. The molecule has 7 heteroatoms. The maximum atomic E-state index is 11.9. The van der Waals surface area contributed by atoms with Gasteiger partial charge in [-0.2, -0.15) is 5.10 Å². The second-order valence-corrected chi connectivity index (χ2v) is 6.15. The Hall–Kier alpha value is -1.60. The van der Waals surface area contributed by atoms with Crippen molar-refractivity contribution in [3.8, 4) is 0 Å². The third-order valence-electron chi connectivity index (χ3n) is 3.98. The van der Waals surface area contributed by atoms with Gasteiger partial charge in [0.25, 0.3) is 5.56 Å². The first-order chi connectivity index (χ1) is 10.2. The highest BCUT2D eigenvalue weighted by Gasteiger charge is 2.23. The van der Waals surface area contributed by atoms with E-state index in [2.05, 4.69) is 20.0 Å². The molecule has 2 aromatic rings. The van der Waals surface area contributed by atoms with Crippen LogP contribution >= 0.6 is 11.5 Å². The first-order valence-electron chi connectivity index (χ1n) is 7.28. The first-order valence-corrected chi connectivity index (χ1v) is 8.12. The van der Waals surface area contributed by atoms with Crippen molar-refractivity contribution in [2.24, 2.45) is 0 Å². The molecule has 0 spiro atoms. The third-order valence-corrected chi connectivity index (χ3v) is 4.53. The molecule has 0 aromatic carbocycles. The minimum absolute atomic E-state index is 0.00515. The Morgan fingerprint density at radius 3 is 2.86 bits per heavy atom. The van der Waals surface area contributed by atoms with E-state index in [1.165, 1.54) is 11.5 Å². The van der Waals surface area contributed by atoms with E-state index in [1.54, 1.807) is 16.8 Å². The van der Waals surface area contributed by atoms with E-state index in [9.17, 15) is 4.79 Å². The number of hydrogen-bond donors (Lipinski definition) is 1. The standard InChI is InChI=1S/C14H19N5OS/c1-10-2-7-14(20)19(17-10)13-5-3-11(4-6-13)15-8-12-9-21-18-16-12/h2,7,9,11,13,15H,3-6,8H2,1H3. The van der Waals surface area contributed by atoms with Crippen molar-refractivity contribution < 1.29 is 0 Å². The molecule has 1 fully saturated rings. The van der Waals surface area contributed by atoms with Gasteiger partial charge in [0.05, 0.1) is 17.4 Å². The molecule has 21 heavy (non-hydrogen) atoms. The molecule has 3 rings (SSSR count). The lowest BCUT2D eigenvalue weighted by molar-refractivity contribution is 0.267. The van der Waals surface area contributed by atoms with Crippen LogP contribution in [0.25, 0.3) is 0 Å². The summed E-state index contributed by atoms with van der Waals surface area (Å²) in [7, 11) is 0. The van der Waals surface area contributed by atoms with Gasteiger partial charge in [0, 0.05) is 24.0 Å². The molecular formula is C14H19N5OS. The number of aromatic nitrogens is 4. The minimum Gasteiger partial charge on any atom is -0.308 e. The van der Waals surface area contributed by atoms with Gasteiger partial charge in [0.1, 0.15) is 0 Å². The molecule has 0 radical (unpaired) electrons. The van der Waals surface area contributed by atoms with Crippen molar-refractivity contribution in [1.29, 1.82) is 0 Å². The normalized spacial score (nSPS) is 22.3. The SMILES string of the molecule is Cc1ccc(=O)n(C2CCC(NCc3csnn3)CC2)n1. The summed E-state index contributed by atoms with van der Waals surface area (Å²) in [6.07, 6.45) is 4.10. The quantitative estimate of drug-likeness (QED) is 0.930. The summed E-state index contributed by atoms with van der Waals surface area (Å²) in [5.41, 5.74) is 1.90. The average molecular weight is 305 g/mol. The largest absolute Gasteiger partial charge is 0.308 e. The predicted octanol–water partition coefficient (Wildman–Crippen LogP) is 1.68. The van der Waals surface area contributed by atoms with Crippen molar-refractivity contribution in [2.45, 2.75) is 51.2 Å². The van der Waals surface area contributed by atoms with Crippen LogP contribution in [0.3, 0.4) is 0 Å². The highest BCUT2D eigenvalue weighted by molar-refractivity contribution is 7.03. The van der Waals surface area contributed by atoms with E-state index in [-0.39, 0.29) is 11.6 Å². The van der Waals surface area contributed by atoms with Crippen LogP contribution in [-0.4, -0.2) is 25.4 Å². The molecule has 2 aromatic heterocycles. The zero-order valence-corrected chi connectivity index (χ0v) is 12.8. The van der Waals surface area contributed by atoms with Crippen LogP contribution in [0.4, 0.5) is 0 Å². The Balaban J connectivity index is 1.55. The van der Waals surface area contributed by atoms with Crippen molar-refractivity contribution in [3.05, 3.63) is 39.3 Å². The van der Waals surface area contributed by atoms with Gasteiger partial charge < -0.3 is 5.32 Å². The van der Waals surface area contributed by atoms with Gasteiger partial charge in [-0.3, -0.25) is 4.79 Å². The van der Waals surface area contributed by atoms with Crippen molar-refractivity contribution in [2.75, 3.05) is 0 Å². The van der Waals surface area contributed by atoms with Crippen LogP contribution in [0.2, 0.25) is 0 Å². The first kappa shape index (κ1) is 14.3. The topological polar surface area (TPSA) is 72.7 Å². The lowest BCUT2D eigenvalue weighted by Crippen LogP contribution is -2.36. The van der Waals surface area contributed by atoms with E-state index in [0.29, 0.717) is 6.04 Å². The fourth-order valence-electron chi connectivity index (χ4n) is 2.82. The van der Waals surface area contributed by atoms with Crippen LogP contribution in [0, 0.1) is 6.92 Å². The molecule has 2 heterocycles. The zero-order chi connectivity index (χ0) is 14.7. The predicted molar refractivity (Wildman–Crippen MR) is 81.3 cm³/mol. The van der Waals surface area contributed by atoms with Crippen LogP contribution in [-0.2, 0) is 6.54 Å². The van der Waals surface area contributed by atoms with E-state index in [0.717, 1.165) is 43.6 Å². The highest BCUT2D eigenvalue weighted by Crippen LogP contribution is 2.27. The van der Waals surface area contributed by atoms with Gasteiger partial charge in [0.15, 0.2) is 0 Å². The van der Waals surface area contributed by atoms with Crippen molar-refractivity contribution in [1.82, 2.24) is 24.7 Å². The number of rotatable bonds is 4. The molecule has 0 saturated heterocycles. The van der Waals surface area contributed by atoms with Crippen LogP contribution < -0.4 is 10.9 Å². The number of hydrogen-bond acceptors (Lipinski definition) is 6. The fraction of sp³-hybridized carbons (Fsp3) is 0.571. The molecule has 0 amide bonds. The Kier molecular flexibility index (Phi) is 4.40. The van der Waals surface area contributed by atoms with Crippen LogP contribution in [0.1, 0.15) is 43.1 Å². The van der Waals surface area contributed by atoms with E-state index >= 15 is 0 Å². The molecule has 0 atom stereocenters. The number of nitrogens with zero attached hydrogens (tertiary/aromatic N) is 4. The lowest BCUT2D eigenvalue weighted by atomic mass is 9.91. The Morgan fingerprint density at radius 1 is 1.33 bits per heavy atom. The summed E-state index contributed by atoms with van der Waals surface area (Å²) < 4.78 is 5.52. The fourth-order valence-corrected chi connectivity index (χ4v) is 3.27. The Labute approximate surface area is 127 Å². The Morgan fingerprint density at radius 2 is 2.14 bits per heavy atom. The molecule has 6 nitrogen and oxygen atoms in total. The zero-order valence-electron chi connectivity index (χ0n) is 12.0. The maximum Gasteiger partial charge on any atom is 0.267 e. The van der Waals surface area contributed by atoms with Crippen molar-refractivity contribution >= 4 is 11.5 Å². The summed E-state index contributed by atoms with van der Waals surface area (Å²) >= 11 is 1.38. The van der Waals surface area contributed by atoms with Gasteiger partial charge in [-0.1, -0.05) is 4.49 Å². The summed E-state index contributed by atoms with van der Waals surface area (Å²) in [5.74, 6) is 0. The second kappa shape index (κ2) is 6.44. The van der Waals surface area contributed by atoms with Crippen LogP contribution in [0.5, 0.6) is 0 Å². The lowest BCUT2D eigenvalue weighted by Gasteiger charge is -2.29. The smallest absolute Gasteiger partial charge is 0.267 e. The van der Waals surface area contributed by atoms with Gasteiger partial charge in [-0.15, -0.1) is 5.10 Å². The molecule has 1 saturated carbocycles. The summed E-state index contributed by atoms with van der Waals surface area (Å²) in [4.78, 5) is 11.9. The van der Waals surface area contributed by atoms with E-state index in [4.69, 9.17) is 0 Å². The van der Waals surface area contributed by atoms with Crippen molar-refractivity contribution in [3.63, 3.8) is 0 Å². The van der Waals surface area contributed by atoms with Crippen LogP contribution in [0.15, 0.2) is 22.3 Å². The van der Waals surface area contributed by atoms with E-state index < -0.39 is 0 Å². The second-order valence-electron chi connectivity index (χ2n) is 5.54. The minimum atomic E-state index is 0.00515. The average Bonchev–Trinajstić information content (AvgIpc) is 3.02. The van der Waals surface area contributed by atoms with Gasteiger partial charge in [0.2, 0.25) is 0 Å². The number of aryl methyl sites for hydroxylation is 1. The van der Waals surface area contributed by atoms with Gasteiger partial charge in [-0.25, -0.2) is 4.68 Å². The monoisotopic (exact) mass is 305 g/mol. The molecule has 0 bridgehead atoms. The summed E-state index contributed by atoms with van der Waals surface area (Å²) in [6, 6.07) is 4.11. The number of nitrogens with one attached hydrogen (secondary N) is 1. The molecular weight excluding hydrogens is 286 g/mol. The molecule has 1 aliphatic rings. The molecule has 112 valence electrons. The molecule has 1 N–H and O–H groups in total. The molecule has 0 aliphatic heterocycles. The molecule has 0 unspecified atom stereocenters. The summed E-state index contributed by atoms with van der Waals surface area (Å²) in [6.45, 7) is 2.69. The highest BCUT2D eigenvalue weighted by atomic mass is 32.1. The van der Waals surface area contributed by atoms with Gasteiger partial charge in [-0.05, 0) is 50.2 Å². The summed E-state index contributed by atoms with van der Waals surface area (Å²) in [5, 5.41) is 13.9. The van der Waals surface area contributed by atoms with Gasteiger partial charge >= 0.3 is 0 Å². The van der Waals surface area contributed by atoms with E-state index in [1.807, 2.05) is 12.3 Å². The maximum absolute atomic E-state index is 11.9. The Bertz CT molecular complexity index is 631. The third kappa shape index (κ3) is 3.54.